The fraction of sp³-hybridized carbons (Fsp3) is 0.292. The highest BCUT2D eigenvalue weighted by atomic mass is 35.5. The molecule has 0 spiro atoms. The number of hydrogen-bond donors (Lipinski definition) is 0. The van der Waals surface area contributed by atoms with Crippen LogP contribution in [-0.2, 0) is 17.9 Å². The minimum Gasteiger partial charge on any atom is -0.419 e. The quantitative estimate of drug-likeness (QED) is 0.405. The third kappa shape index (κ3) is 4.80. The van der Waals surface area contributed by atoms with Gasteiger partial charge in [0, 0.05) is 19.0 Å². The lowest BCUT2D eigenvalue weighted by Gasteiger charge is -2.25. The van der Waals surface area contributed by atoms with E-state index in [0.29, 0.717) is 33.3 Å². The number of halogens is 1. The van der Waals surface area contributed by atoms with Crippen molar-refractivity contribution in [3.63, 3.8) is 0 Å². The molecule has 0 unspecified atom stereocenters. The lowest BCUT2D eigenvalue weighted by atomic mass is 10.1. The van der Waals surface area contributed by atoms with E-state index in [4.69, 9.17) is 16.0 Å². The van der Waals surface area contributed by atoms with Crippen molar-refractivity contribution in [2.45, 2.75) is 46.3 Å². The lowest BCUT2D eigenvalue weighted by molar-refractivity contribution is -0.134. The summed E-state index contributed by atoms with van der Waals surface area (Å²) in [6.07, 6.45) is 1.64. The number of nitrogens with zero attached hydrogens (tertiary/aromatic N) is 5. The van der Waals surface area contributed by atoms with Crippen molar-refractivity contribution in [3.8, 4) is 11.5 Å². The second kappa shape index (κ2) is 9.54. The Morgan fingerprint density at radius 2 is 1.94 bits per heavy atom. The number of para-hydroxylation sites is 1. The average Bonchev–Trinajstić information content (AvgIpc) is 3.26. The van der Waals surface area contributed by atoms with Gasteiger partial charge in [-0.1, -0.05) is 35.9 Å². The second-order valence-electron chi connectivity index (χ2n) is 8.06. The van der Waals surface area contributed by atoms with E-state index in [2.05, 4.69) is 15.2 Å². The summed E-state index contributed by atoms with van der Waals surface area (Å²) < 4.78 is 7.23. The summed E-state index contributed by atoms with van der Waals surface area (Å²) in [7, 11) is 0. The number of rotatable bonds is 7. The molecule has 0 N–H and O–H groups in total. The standard InChI is InChI=1S/C24H24ClN5O3/c1-15(2)30(13-20-27-28-23(33-20)17-8-4-5-10-19(17)25)21(31)11-12-29-14-26-22-16(3)7-6-9-18(22)24(29)32/h4-10,14-15H,11-13H2,1-3H3. The zero-order chi connectivity index (χ0) is 23.5. The molecule has 8 nitrogen and oxygen atoms in total. The molecule has 0 saturated heterocycles. The summed E-state index contributed by atoms with van der Waals surface area (Å²) in [4.78, 5) is 31.9. The van der Waals surface area contributed by atoms with E-state index in [1.54, 1.807) is 23.1 Å². The van der Waals surface area contributed by atoms with Gasteiger partial charge in [-0.2, -0.15) is 0 Å². The van der Waals surface area contributed by atoms with Crippen LogP contribution in [0.3, 0.4) is 0 Å². The molecule has 4 rings (SSSR count). The van der Waals surface area contributed by atoms with Gasteiger partial charge in [0.2, 0.25) is 17.7 Å². The first-order valence-corrected chi connectivity index (χ1v) is 11.0. The van der Waals surface area contributed by atoms with E-state index in [1.165, 1.54) is 10.9 Å². The van der Waals surface area contributed by atoms with Crippen molar-refractivity contribution in [2.24, 2.45) is 0 Å². The average molecular weight is 466 g/mol. The second-order valence-corrected chi connectivity index (χ2v) is 8.47. The Morgan fingerprint density at radius 3 is 2.70 bits per heavy atom. The summed E-state index contributed by atoms with van der Waals surface area (Å²) >= 11 is 6.21. The van der Waals surface area contributed by atoms with Gasteiger partial charge in [-0.3, -0.25) is 14.2 Å². The van der Waals surface area contributed by atoms with Crippen LogP contribution >= 0.6 is 11.6 Å². The van der Waals surface area contributed by atoms with Crippen LogP contribution in [0.1, 0.15) is 31.7 Å². The fourth-order valence-electron chi connectivity index (χ4n) is 3.62. The van der Waals surface area contributed by atoms with Gasteiger partial charge in [0.25, 0.3) is 5.56 Å². The molecule has 0 atom stereocenters. The van der Waals surface area contributed by atoms with Crippen molar-refractivity contribution in [1.82, 2.24) is 24.6 Å². The van der Waals surface area contributed by atoms with E-state index < -0.39 is 0 Å². The fourth-order valence-corrected chi connectivity index (χ4v) is 3.84. The van der Waals surface area contributed by atoms with Crippen LogP contribution in [0.2, 0.25) is 5.02 Å². The van der Waals surface area contributed by atoms with E-state index in [9.17, 15) is 9.59 Å². The summed E-state index contributed by atoms with van der Waals surface area (Å²) in [6, 6.07) is 12.6. The highest BCUT2D eigenvalue weighted by Crippen LogP contribution is 2.26. The highest BCUT2D eigenvalue weighted by molar-refractivity contribution is 6.33. The Kier molecular flexibility index (Phi) is 6.55. The van der Waals surface area contributed by atoms with Crippen LogP contribution in [0.4, 0.5) is 0 Å². The number of carbonyl (C=O) groups excluding carboxylic acids is 1. The molecule has 2 aromatic heterocycles. The summed E-state index contributed by atoms with van der Waals surface area (Å²) in [5, 5.41) is 9.20. The SMILES string of the molecule is Cc1cccc2c(=O)n(CCC(=O)N(Cc3nnc(-c4ccccc4Cl)o3)C(C)C)cnc12. The molecular weight excluding hydrogens is 442 g/mol. The number of hydrogen-bond acceptors (Lipinski definition) is 6. The van der Waals surface area contributed by atoms with E-state index in [0.717, 1.165) is 5.56 Å². The number of amides is 1. The molecule has 2 aromatic carbocycles. The Hall–Kier alpha value is -3.52. The molecule has 0 saturated carbocycles. The molecule has 33 heavy (non-hydrogen) atoms. The molecule has 0 fully saturated rings. The lowest BCUT2D eigenvalue weighted by Crippen LogP contribution is -2.37. The zero-order valence-electron chi connectivity index (χ0n) is 18.7. The third-order valence-electron chi connectivity index (χ3n) is 5.44. The summed E-state index contributed by atoms with van der Waals surface area (Å²) in [6.45, 7) is 6.13. The topological polar surface area (TPSA) is 94.1 Å². The van der Waals surface area contributed by atoms with Crippen molar-refractivity contribution in [2.75, 3.05) is 0 Å². The van der Waals surface area contributed by atoms with Gasteiger partial charge in [-0.05, 0) is 44.5 Å². The number of carbonyl (C=O) groups is 1. The van der Waals surface area contributed by atoms with Crippen molar-refractivity contribution < 1.29 is 9.21 Å². The van der Waals surface area contributed by atoms with Crippen LogP contribution in [0.15, 0.2) is 58.0 Å². The molecule has 0 radical (unpaired) electrons. The predicted molar refractivity (Wildman–Crippen MR) is 126 cm³/mol. The number of aryl methyl sites for hydroxylation is 2. The number of fused-ring (bicyclic) bond motifs is 1. The normalized spacial score (nSPS) is 11.3. The van der Waals surface area contributed by atoms with Gasteiger partial charge < -0.3 is 9.32 Å². The van der Waals surface area contributed by atoms with Gasteiger partial charge in [0.15, 0.2) is 0 Å². The first kappa shape index (κ1) is 22.7. The predicted octanol–water partition coefficient (Wildman–Crippen LogP) is 4.24. The molecule has 0 bridgehead atoms. The van der Waals surface area contributed by atoms with Gasteiger partial charge in [-0.15, -0.1) is 10.2 Å². The minimum absolute atomic E-state index is 0.0951. The maximum absolute atomic E-state index is 13.0. The van der Waals surface area contributed by atoms with E-state index in [-0.39, 0.29) is 37.0 Å². The molecule has 0 aliphatic carbocycles. The molecule has 4 aromatic rings. The van der Waals surface area contributed by atoms with E-state index >= 15 is 0 Å². The van der Waals surface area contributed by atoms with Crippen LogP contribution in [0, 0.1) is 6.92 Å². The zero-order valence-corrected chi connectivity index (χ0v) is 19.4. The Labute approximate surface area is 195 Å². The van der Waals surface area contributed by atoms with E-state index in [1.807, 2.05) is 45.0 Å². The molecule has 0 aliphatic heterocycles. The van der Waals surface area contributed by atoms with Crippen LogP contribution in [-0.4, -0.2) is 36.6 Å². The molecular formula is C24H24ClN5O3. The van der Waals surface area contributed by atoms with Crippen molar-refractivity contribution >= 4 is 28.4 Å². The number of benzene rings is 2. The molecule has 170 valence electrons. The van der Waals surface area contributed by atoms with Crippen LogP contribution in [0.25, 0.3) is 22.4 Å². The Morgan fingerprint density at radius 1 is 1.15 bits per heavy atom. The van der Waals surface area contributed by atoms with Crippen LogP contribution < -0.4 is 5.56 Å². The van der Waals surface area contributed by atoms with Gasteiger partial charge >= 0.3 is 0 Å². The van der Waals surface area contributed by atoms with Crippen molar-refractivity contribution in [1.29, 1.82) is 0 Å². The monoisotopic (exact) mass is 465 g/mol. The summed E-state index contributed by atoms with van der Waals surface area (Å²) in [5.41, 5.74) is 2.10. The van der Waals surface area contributed by atoms with Gasteiger partial charge in [0.1, 0.15) is 0 Å². The highest BCUT2D eigenvalue weighted by Gasteiger charge is 2.21. The number of aromatic nitrogens is 4. The molecule has 9 heteroatoms. The van der Waals surface area contributed by atoms with Gasteiger partial charge in [-0.25, -0.2) is 4.98 Å². The largest absolute Gasteiger partial charge is 0.419 e. The van der Waals surface area contributed by atoms with Crippen LogP contribution in [0.5, 0.6) is 0 Å². The minimum atomic E-state index is -0.158. The maximum Gasteiger partial charge on any atom is 0.261 e. The first-order valence-electron chi connectivity index (χ1n) is 10.7. The maximum atomic E-state index is 13.0. The van der Waals surface area contributed by atoms with Crippen molar-refractivity contribution in [3.05, 3.63) is 75.6 Å². The third-order valence-corrected chi connectivity index (χ3v) is 5.77. The smallest absolute Gasteiger partial charge is 0.261 e. The Bertz CT molecular complexity index is 1360. The molecule has 1 amide bonds. The Balaban J connectivity index is 1.48. The summed E-state index contributed by atoms with van der Waals surface area (Å²) in [5.74, 6) is 0.488. The molecule has 2 heterocycles. The van der Waals surface area contributed by atoms with Gasteiger partial charge in [0.05, 0.1) is 34.4 Å². The first-order chi connectivity index (χ1) is 15.8. The molecule has 0 aliphatic rings.